The quantitative estimate of drug-likeness (QED) is 0.759. The summed E-state index contributed by atoms with van der Waals surface area (Å²) in [6.07, 6.45) is 4.60. The van der Waals surface area contributed by atoms with Gasteiger partial charge >= 0.3 is 0 Å². The number of anilines is 1. The van der Waals surface area contributed by atoms with Gasteiger partial charge in [0, 0.05) is 41.7 Å². The van der Waals surface area contributed by atoms with Crippen LogP contribution in [0.2, 0.25) is 0 Å². The highest BCUT2D eigenvalue weighted by atomic mass is 16.5. The largest absolute Gasteiger partial charge is 0.481 e. The standard InChI is InChI=1S/C19H20N6O/c1-4-7-25-11-16(12(2)24-25)14-8-17(23-19(21)15(14)9-20)13-5-6-18(26-3)22-10-13/h5-6,8,10-11H,4,7H2,1-3H3,(H2,21,23). The Morgan fingerprint density at radius 2 is 2.12 bits per heavy atom. The summed E-state index contributed by atoms with van der Waals surface area (Å²) in [6.45, 7) is 4.84. The summed E-state index contributed by atoms with van der Waals surface area (Å²) in [5, 5.41) is 14.1. The molecule has 3 rings (SSSR count). The smallest absolute Gasteiger partial charge is 0.212 e. The molecule has 3 aromatic rings. The monoisotopic (exact) mass is 348 g/mol. The van der Waals surface area contributed by atoms with Crippen LogP contribution in [0.3, 0.4) is 0 Å². The number of methoxy groups -OCH3 is 1. The third-order valence-corrected chi connectivity index (χ3v) is 4.09. The van der Waals surface area contributed by atoms with E-state index in [1.165, 1.54) is 0 Å². The molecule has 26 heavy (non-hydrogen) atoms. The van der Waals surface area contributed by atoms with E-state index < -0.39 is 0 Å². The fraction of sp³-hybridized carbons (Fsp3) is 0.263. The van der Waals surface area contributed by atoms with Gasteiger partial charge in [-0.3, -0.25) is 4.68 Å². The summed E-state index contributed by atoms with van der Waals surface area (Å²) < 4.78 is 6.98. The number of rotatable bonds is 5. The van der Waals surface area contributed by atoms with Gasteiger partial charge in [0.2, 0.25) is 5.88 Å². The Labute approximate surface area is 152 Å². The number of hydrogen-bond donors (Lipinski definition) is 1. The fourth-order valence-corrected chi connectivity index (χ4v) is 2.82. The molecule has 0 unspecified atom stereocenters. The van der Waals surface area contributed by atoms with E-state index in [1.807, 2.05) is 29.9 Å². The Morgan fingerprint density at radius 1 is 1.31 bits per heavy atom. The number of nitrogens with zero attached hydrogens (tertiary/aromatic N) is 5. The lowest BCUT2D eigenvalue weighted by molar-refractivity contribution is 0.398. The Bertz CT molecular complexity index is 969. The van der Waals surface area contributed by atoms with E-state index in [0.717, 1.165) is 35.3 Å². The SMILES string of the molecule is CCCn1cc(-c2cc(-c3ccc(OC)nc3)nc(N)c2C#N)c(C)n1. The van der Waals surface area contributed by atoms with Gasteiger partial charge in [-0.1, -0.05) is 6.92 Å². The number of nitrogen functional groups attached to an aromatic ring is 1. The van der Waals surface area contributed by atoms with Crippen molar-refractivity contribution in [3.63, 3.8) is 0 Å². The van der Waals surface area contributed by atoms with Crippen LogP contribution in [0.5, 0.6) is 5.88 Å². The van der Waals surface area contributed by atoms with Crippen molar-refractivity contribution in [1.82, 2.24) is 19.7 Å². The molecule has 0 amide bonds. The van der Waals surface area contributed by atoms with E-state index in [1.54, 1.807) is 19.4 Å². The maximum atomic E-state index is 9.57. The molecule has 0 saturated carbocycles. The molecule has 0 aliphatic heterocycles. The molecule has 3 aromatic heterocycles. The molecule has 0 aromatic carbocycles. The highest BCUT2D eigenvalue weighted by Gasteiger charge is 2.17. The van der Waals surface area contributed by atoms with Crippen LogP contribution in [0.15, 0.2) is 30.6 Å². The van der Waals surface area contributed by atoms with E-state index >= 15 is 0 Å². The fourth-order valence-electron chi connectivity index (χ4n) is 2.82. The number of nitrogens with two attached hydrogens (primary N) is 1. The van der Waals surface area contributed by atoms with E-state index in [0.29, 0.717) is 17.1 Å². The van der Waals surface area contributed by atoms with Crippen LogP contribution in [0.1, 0.15) is 24.6 Å². The van der Waals surface area contributed by atoms with Crippen LogP contribution in [0, 0.1) is 18.3 Å². The molecule has 0 aliphatic carbocycles. The first-order chi connectivity index (χ1) is 12.6. The molecule has 0 bridgehead atoms. The van der Waals surface area contributed by atoms with Crippen LogP contribution in [0.4, 0.5) is 5.82 Å². The zero-order valence-electron chi connectivity index (χ0n) is 15.0. The van der Waals surface area contributed by atoms with Crippen molar-refractivity contribution in [2.75, 3.05) is 12.8 Å². The Kier molecular flexibility index (Phi) is 4.85. The molecule has 7 heteroatoms. The second-order valence-corrected chi connectivity index (χ2v) is 5.91. The van der Waals surface area contributed by atoms with Crippen molar-refractivity contribution in [2.24, 2.45) is 0 Å². The van der Waals surface area contributed by atoms with Gasteiger partial charge in [0.15, 0.2) is 0 Å². The lowest BCUT2D eigenvalue weighted by Crippen LogP contribution is -2.00. The summed E-state index contributed by atoms with van der Waals surface area (Å²) >= 11 is 0. The van der Waals surface area contributed by atoms with E-state index in [4.69, 9.17) is 10.5 Å². The average Bonchev–Trinajstić information content (AvgIpc) is 3.01. The minimum atomic E-state index is 0.193. The molecule has 132 valence electrons. The van der Waals surface area contributed by atoms with Crippen LogP contribution < -0.4 is 10.5 Å². The molecule has 0 aliphatic rings. The van der Waals surface area contributed by atoms with Gasteiger partial charge in [0.25, 0.3) is 0 Å². The van der Waals surface area contributed by atoms with Gasteiger partial charge in [-0.2, -0.15) is 10.4 Å². The van der Waals surface area contributed by atoms with Gasteiger partial charge in [-0.25, -0.2) is 9.97 Å². The van der Waals surface area contributed by atoms with Crippen molar-refractivity contribution in [3.05, 3.63) is 41.9 Å². The molecular weight excluding hydrogens is 328 g/mol. The highest BCUT2D eigenvalue weighted by molar-refractivity contribution is 5.80. The van der Waals surface area contributed by atoms with Crippen LogP contribution in [0.25, 0.3) is 22.4 Å². The number of nitriles is 1. The Hall–Kier alpha value is -3.40. The van der Waals surface area contributed by atoms with Crippen molar-refractivity contribution < 1.29 is 4.74 Å². The molecule has 0 saturated heterocycles. The maximum Gasteiger partial charge on any atom is 0.212 e. The van der Waals surface area contributed by atoms with Crippen molar-refractivity contribution in [3.8, 4) is 34.3 Å². The minimum Gasteiger partial charge on any atom is -0.481 e. The second kappa shape index (κ2) is 7.23. The van der Waals surface area contributed by atoms with E-state index in [-0.39, 0.29) is 5.82 Å². The van der Waals surface area contributed by atoms with Gasteiger partial charge < -0.3 is 10.5 Å². The second-order valence-electron chi connectivity index (χ2n) is 5.91. The van der Waals surface area contributed by atoms with E-state index in [2.05, 4.69) is 28.1 Å². The normalized spacial score (nSPS) is 10.5. The van der Waals surface area contributed by atoms with Crippen LogP contribution in [-0.2, 0) is 6.54 Å². The molecule has 0 spiro atoms. The topological polar surface area (TPSA) is 103 Å². The number of hydrogen-bond acceptors (Lipinski definition) is 6. The highest BCUT2D eigenvalue weighted by Crippen LogP contribution is 2.32. The van der Waals surface area contributed by atoms with Crippen molar-refractivity contribution in [1.29, 1.82) is 5.26 Å². The maximum absolute atomic E-state index is 9.57. The summed E-state index contributed by atoms with van der Waals surface area (Å²) in [7, 11) is 1.56. The minimum absolute atomic E-state index is 0.193. The average molecular weight is 348 g/mol. The number of pyridine rings is 2. The third kappa shape index (κ3) is 3.22. The lowest BCUT2D eigenvalue weighted by atomic mass is 9.99. The molecule has 2 N–H and O–H groups in total. The number of aromatic nitrogens is 4. The summed E-state index contributed by atoms with van der Waals surface area (Å²) in [5.74, 6) is 0.714. The Morgan fingerprint density at radius 3 is 2.73 bits per heavy atom. The predicted octanol–water partition coefficient (Wildman–Crippen LogP) is 3.19. The zero-order chi connectivity index (χ0) is 18.7. The molecule has 0 atom stereocenters. The van der Waals surface area contributed by atoms with Gasteiger partial charge in [-0.05, 0) is 25.5 Å². The zero-order valence-corrected chi connectivity index (χ0v) is 15.0. The first-order valence-corrected chi connectivity index (χ1v) is 8.32. The first kappa shape index (κ1) is 17.4. The van der Waals surface area contributed by atoms with Gasteiger partial charge in [-0.15, -0.1) is 0 Å². The lowest BCUT2D eigenvalue weighted by Gasteiger charge is -2.09. The predicted molar refractivity (Wildman–Crippen MR) is 99.4 cm³/mol. The van der Waals surface area contributed by atoms with Crippen LogP contribution >= 0.6 is 0 Å². The molecule has 0 fully saturated rings. The number of aryl methyl sites for hydroxylation is 2. The summed E-state index contributed by atoms with van der Waals surface area (Å²) in [4.78, 5) is 8.59. The van der Waals surface area contributed by atoms with E-state index in [9.17, 15) is 5.26 Å². The number of ether oxygens (including phenoxy) is 1. The summed E-state index contributed by atoms with van der Waals surface area (Å²) in [5.41, 5.74) is 10.3. The molecule has 7 nitrogen and oxygen atoms in total. The molecule has 0 radical (unpaired) electrons. The molecular formula is C19H20N6O. The summed E-state index contributed by atoms with van der Waals surface area (Å²) in [6, 6.07) is 7.64. The van der Waals surface area contributed by atoms with Gasteiger partial charge in [0.05, 0.1) is 18.5 Å². The van der Waals surface area contributed by atoms with Crippen molar-refractivity contribution in [2.45, 2.75) is 26.8 Å². The van der Waals surface area contributed by atoms with Gasteiger partial charge in [0.1, 0.15) is 17.5 Å². The van der Waals surface area contributed by atoms with Crippen molar-refractivity contribution >= 4 is 5.82 Å². The molecule has 3 heterocycles. The third-order valence-electron chi connectivity index (χ3n) is 4.09. The first-order valence-electron chi connectivity index (χ1n) is 8.32. The Balaban J connectivity index is 2.15. The van der Waals surface area contributed by atoms with Crippen LogP contribution in [-0.4, -0.2) is 26.9 Å².